The molecule has 0 heterocycles. The normalized spacial score (nSPS) is 9.64. The van der Waals surface area contributed by atoms with E-state index in [-0.39, 0.29) is 5.82 Å². The Bertz CT molecular complexity index is 268. The van der Waals surface area contributed by atoms with Crippen molar-refractivity contribution in [1.29, 1.82) is 0 Å². The van der Waals surface area contributed by atoms with E-state index in [9.17, 15) is 4.39 Å². The molecule has 0 spiro atoms. The van der Waals surface area contributed by atoms with E-state index in [1.807, 2.05) is 0 Å². The first kappa shape index (κ1) is 8.47. The Kier molecular flexibility index (Phi) is 2.83. The second-order valence-electron chi connectivity index (χ2n) is 2.18. The van der Waals surface area contributed by atoms with E-state index in [2.05, 4.69) is 22.5 Å². The van der Waals surface area contributed by atoms with Gasteiger partial charge in [0.1, 0.15) is 5.82 Å². The highest BCUT2D eigenvalue weighted by Crippen LogP contribution is 2.15. The number of hydrogen-bond donors (Lipinski definition) is 0. The molecule has 0 aliphatic carbocycles. The van der Waals surface area contributed by atoms with Crippen LogP contribution in [0.1, 0.15) is 11.1 Å². The van der Waals surface area contributed by atoms with Crippen LogP contribution in [0.3, 0.4) is 0 Å². The Hall–Kier alpha value is -0.630. The summed E-state index contributed by atoms with van der Waals surface area (Å²) in [6, 6.07) is 4.66. The van der Waals surface area contributed by atoms with Gasteiger partial charge >= 0.3 is 0 Å². The van der Waals surface area contributed by atoms with Gasteiger partial charge in [0.15, 0.2) is 0 Å². The highest BCUT2D eigenvalue weighted by Gasteiger charge is 1.98. The zero-order valence-electron chi connectivity index (χ0n) is 5.98. The SMILES string of the molecule is C=Cc1ccc(F)cc1CBr. The molecular formula is C9H8BrF. The van der Waals surface area contributed by atoms with Gasteiger partial charge < -0.3 is 0 Å². The fraction of sp³-hybridized carbons (Fsp3) is 0.111. The van der Waals surface area contributed by atoms with Gasteiger partial charge in [-0.25, -0.2) is 4.39 Å². The van der Waals surface area contributed by atoms with Crippen molar-refractivity contribution in [2.75, 3.05) is 0 Å². The van der Waals surface area contributed by atoms with E-state index in [4.69, 9.17) is 0 Å². The highest BCUT2D eigenvalue weighted by atomic mass is 79.9. The van der Waals surface area contributed by atoms with Crippen LogP contribution in [0.15, 0.2) is 24.8 Å². The molecule has 0 aliphatic rings. The van der Waals surface area contributed by atoms with Crippen molar-refractivity contribution in [3.8, 4) is 0 Å². The van der Waals surface area contributed by atoms with Crippen molar-refractivity contribution in [3.05, 3.63) is 41.7 Å². The van der Waals surface area contributed by atoms with Crippen molar-refractivity contribution in [2.24, 2.45) is 0 Å². The minimum absolute atomic E-state index is 0.204. The Morgan fingerprint density at radius 1 is 1.55 bits per heavy atom. The Morgan fingerprint density at radius 2 is 2.27 bits per heavy atom. The lowest BCUT2D eigenvalue weighted by Crippen LogP contribution is -1.85. The zero-order chi connectivity index (χ0) is 8.27. The fourth-order valence-corrected chi connectivity index (χ4v) is 1.37. The molecule has 1 rings (SSSR count). The van der Waals surface area contributed by atoms with Crippen molar-refractivity contribution >= 4 is 22.0 Å². The van der Waals surface area contributed by atoms with Crippen molar-refractivity contribution < 1.29 is 4.39 Å². The molecule has 58 valence electrons. The summed E-state index contributed by atoms with van der Waals surface area (Å²) in [5, 5.41) is 0.659. The molecule has 0 unspecified atom stereocenters. The number of benzene rings is 1. The first-order valence-corrected chi connectivity index (χ1v) is 4.37. The number of hydrogen-bond acceptors (Lipinski definition) is 0. The molecule has 0 N–H and O–H groups in total. The van der Waals surface area contributed by atoms with E-state index < -0.39 is 0 Å². The van der Waals surface area contributed by atoms with Crippen LogP contribution in [-0.4, -0.2) is 0 Å². The first-order valence-electron chi connectivity index (χ1n) is 3.24. The maximum absolute atomic E-state index is 12.6. The summed E-state index contributed by atoms with van der Waals surface area (Å²) in [5.41, 5.74) is 1.91. The molecule has 0 aromatic heterocycles. The lowest BCUT2D eigenvalue weighted by molar-refractivity contribution is 0.626. The quantitative estimate of drug-likeness (QED) is 0.663. The first-order chi connectivity index (χ1) is 5.27. The van der Waals surface area contributed by atoms with Crippen molar-refractivity contribution in [3.63, 3.8) is 0 Å². The lowest BCUT2D eigenvalue weighted by atomic mass is 10.1. The molecule has 0 radical (unpaired) electrons. The van der Waals surface area contributed by atoms with Gasteiger partial charge in [0.2, 0.25) is 0 Å². The Labute approximate surface area is 73.9 Å². The van der Waals surface area contributed by atoms with Gasteiger partial charge in [0, 0.05) is 5.33 Å². The van der Waals surface area contributed by atoms with Gasteiger partial charge in [-0.1, -0.05) is 34.7 Å². The topological polar surface area (TPSA) is 0 Å². The van der Waals surface area contributed by atoms with Crippen LogP contribution in [-0.2, 0) is 5.33 Å². The predicted molar refractivity (Wildman–Crippen MR) is 49.1 cm³/mol. The highest BCUT2D eigenvalue weighted by molar-refractivity contribution is 9.08. The summed E-state index contributed by atoms with van der Waals surface area (Å²) in [5.74, 6) is -0.204. The van der Waals surface area contributed by atoms with Gasteiger partial charge in [-0.15, -0.1) is 0 Å². The predicted octanol–water partition coefficient (Wildman–Crippen LogP) is 3.36. The van der Waals surface area contributed by atoms with Gasteiger partial charge in [0.05, 0.1) is 0 Å². The van der Waals surface area contributed by atoms with Crippen LogP contribution >= 0.6 is 15.9 Å². The fourth-order valence-electron chi connectivity index (χ4n) is 0.889. The average molecular weight is 215 g/mol. The van der Waals surface area contributed by atoms with E-state index in [1.54, 1.807) is 12.1 Å². The average Bonchev–Trinajstić information content (AvgIpc) is 2.04. The molecule has 2 heteroatoms. The molecule has 0 saturated carbocycles. The summed E-state index contributed by atoms with van der Waals surface area (Å²) in [6.07, 6.45) is 1.72. The molecule has 0 atom stereocenters. The summed E-state index contributed by atoms with van der Waals surface area (Å²) in [7, 11) is 0. The van der Waals surface area contributed by atoms with Crippen LogP contribution < -0.4 is 0 Å². The maximum Gasteiger partial charge on any atom is 0.123 e. The third kappa shape index (κ3) is 1.90. The molecule has 1 aromatic rings. The third-order valence-corrected chi connectivity index (χ3v) is 2.07. The zero-order valence-corrected chi connectivity index (χ0v) is 7.57. The second-order valence-corrected chi connectivity index (χ2v) is 2.74. The third-order valence-electron chi connectivity index (χ3n) is 1.47. The molecule has 11 heavy (non-hydrogen) atoms. The second kappa shape index (κ2) is 3.67. The van der Waals surface area contributed by atoms with Gasteiger partial charge in [-0.2, -0.15) is 0 Å². The van der Waals surface area contributed by atoms with Crippen molar-refractivity contribution in [2.45, 2.75) is 5.33 Å². The minimum atomic E-state index is -0.204. The monoisotopic (exact) mass is 214 g/mol. The van der Waals surface area contributed by atoms with Crippen molar-refractivity contribution in [1.82, 2.24) is 0 Å². The number of alkyl halides is 1. The van der Waals surface area contributed by atoms with Gasteiger partial charge in [-0.3, -0.25) is 0 Å². The number of halogens is 2. The maximum atomic E-state index is 12.6. The van der Waals surface area contributed by atoms with Crippen LogP contribution in [0.2, 0.25) is 0 Å². The summed E-state index contributed by atoms with van der Waals surface area (Å²) < 4.78 is 12.6. The van der Waals surface area contributed by atoms with E-state index in [1.165, 1.54) is 12.1 Å². The summed E-state index contributed by atoms with van der Waals surface area (Å²) in [4.78, 5) is 0. The van der Waals surface area contributed by atoms with E-state index in [0.29, 0.717) is 5.33 Å². The van der Waals surface area contributed by atoms with Crippen LogP contribution in [0.25, 0.3) is 6.08 Å². The molecule has 0 amide bonds. The summed E-state index contributed by atoms with van der Waals surface area (Å²) >= 11 is 3.27. The van der Waals surface area contributed by atoms with E-state index in [0.717, 1.165) is 11.1 Å². The molecule has 0 aliphatic heterocycles. The smallest absolute Gasteiger partial charge is 0.123 e. The standard InChI is InChI=1S/C9H8BrF/c1-2-7-3-4-9(11)5-8(7)6-10/h2-5H,1,6H2. The Morgan fingerprint density at radius 3 is 2.82 bits per heavy atom. The van der Waals surface area contributed by atoms with Crippen LogP contribution in [0, 0.1) is 5.82 Å². The lowest BCUT2D eigenvalue weighted by Gasteiger charge is -2.00. The molecule has 0 bridgehead atoms. The molecular weight excluding hydrogens is 207 g/mol. The summed E-state index contributed by atoms with van der Waals surface area (Å²) in [6.45, 7) is 3.63. The van der Waals surface area contributed by atoms with Crippen LogP contribution in [0.4, 0.5) is 4.39 Å². The van der Waals surface area contributed by atoms with E-state index >= 15 is 0 Å². The molecule has 0 saturated heterocycles. The minimum Gasteiger partial charge on any atom is -0.207 e. The van der Waals surface area contributed by atoms with Gasteiger partial charge in [0.25, 0.3) is 0 Å². The van der Waals surface area contributed by atoms with Gasteiger partial charge in [-0.05, 0) is 23.3 Å². The number of rotatable bonds is 2. The van der Waals surface area contributed by atoms with Crippen LogP contribution in [0.5, 0.6) is 0 Å². The molecule has 0 fully saturated rings. The molecule has 1 aromatic carbocycles. The molecule has 0 nitrogen and oxygen atoms in total. The largest absolute Gasteiger partial charge is 0.207 e. The Balaban J connectivity index is 3.16.